The molecule has 1 fully saturated rings. The summed E-state index contributed by atoms with van der Waals surface area (Å²) in [6.07, 6.45) is 1.74. The Morgan fingerprint density at radius 1 is 1.18 bits per heavy atom. The van der Waals surface area contributed by atoms with Gasteiger partial charge in [-0.1, -0.05) is 23.7 Å². The van der Waals surface area contributed by atoms with Gasteiger partial charge in [-0.05, 0) is 18.2 Å². The second kappa shape index (κ2) is 6.19. The predicted molar refractivity (Wildman–Crippen MR) is 85.8 cm³/mol. The molecule has 22 heavy (non-hydrogen) atoms. The van der Waals surface area contributed by atoms with E-state index in [4.69, 9.17) is 17.3 Å². The molecule has 2 amide bonds. The van der Waals surface area contributed by atoms with Crippen LogP contribution in [0.25, 0.3) is 11.4 Å². The lowest BCUT2D eigenvalue weighted by molar-refractivity contribution is 0.204. The highest BCUT2D eigenvalue weighted by molar-refractivity contribution is 6.30. The maximum absolute atomic E-state index is 11.2. The molecule has 1 aliphatic rings. The predicted octanol–water partition coefficient (Wildman–Crippen LogP) is 2.00. The zero-order chi connectivity index (χ0) is 15.5. The van der Waals surface area contributed by atoms with Crippen molar-refractivity contribution in [3.8, 4) is 11.4 Å². The Labute approximate surface area is 133 Å². The molecule has 0 aliphatic carbocycles. The van der Waals surface area contributed by atoms with E-state index in [0.717, 1.165) is 11.4 Å². The number of urea groups is 1. The lowest BCUT2D eigenvalue weighted by Crippen LogP contribution is -2.50. The van der Waals surface area contributed by atoms with Crippen molar-refractivity contribution in [2.75, 3.05) is 31.1 Å². The van der Waals surface area contributed by atoms with E-state index in [1.807, 2.05) is 30.3 Å². The fourth-order valence-electron chi connectivity index (χ4n) is 2.45. The number of anilines is 1. The van der Waals surface area contributed by atoms with Crippen LogP contribution in [0.4, 0.5) is 10.6 Å². The summed E-state index contributed by atoms with van der Waals surface area (Å²) in [5.74, 6) is 1.48. The third-order valence-corrected chi connectivity index (χ3v) is 3.87. The summed E-state index contributed by atoms with van der Waals surface area (Å²) < 4.78 is 0. The quantitative estimate of drug-likeness (QED) is 0.919. The average molecular weight is 318 g/mol. The van der Waals surface area contributed by atoms with Crippen molar-refractivity contribution >= 4 is 23.4 Å². The molecule has 1 saturated heterocycles. The molecule has 114 valence electrons. The first-order chi connectivity index (χ1) is 10.6. The Hall–Kier alpha value is -2.34. The maximum Gasteiger partial charge on any atom is 0.314 e. The van der Waals surface area contributed by atoms with Gasteiger partial charge in [-0.15, -0.1) is 0 Å². The minimum atomic E-state index is -0.373. The lowest BCUT2D eigenvalue weighted by atomic mass is 10.2. The van der Waals surface area contributed by atoms with Gasteiger partial charge in [-0.2, -0.15) is 0 Å². The number of aromatic nitrogens is 2. The fourth-order valence-corrected chi connectivity index (χ4v) is 2.64. The molecular weight excluding hydrogens is 302 g/mol. The molecule has 0 radical (unpaired) electrons. The van der Waals surface area contributed by atoms with Crippen LogP contribution in [-0.4, -0.2) is 47.1 Å². The number of benzene rings is 1. The molecule has 1 aromatic heterocycles. The van der Waals surface area contributed by atoms with Gasteiger partial charge in [0, 0.05) is 43.0 Å². The van der Waals surface area contributed by atoms with Crippen LogP contribution < -0.4 is 10.6 Å². The van der Waals surface area contributed by atoms with Gasteiger partial charge in [0.2, 0.25) is 0 Å². The number of rotatable bonds is 2. The minimum Gasteiger partial charge on any atom is -0.353 e. The van der Waals surface area contributed by atoms with Crippen LogP contribution in [0.2, 0.25) is 5.02 Å². The normalized spacial score (nSPS) is 15.0. The smallest absolute Gasteiger partial charge is 0.314 e. The number of piperazine rings is 1. The number of amides is 2. The van der Waals surface area contributed by atoms with E-state index < -0.39 is 0 Å². The van der Waals surface area contributed by atoms with E-state index in [0.29, 0.717) is 37.0 Å². The molecule has 0 bridgehead atoms. The molecule has 0 saturated carbocycles. The number of nitrogens with two attached hydrogens (primary N) is 1. The minimum absolute atomic E-state index is 0.373. The molecule has 2 aromatic rings. The summed E-state index contributed by atoms with van der Waals surface area (Å²) in [4.78, 5) is 23.8. The van der Waals surface area contributed by atoms with E-state index in [2.05, 4.69) is 14.9 Å². The van der Waals surface area contributed by atoms with Gasteiger partial charge in [-0.3, -0.25) is 0 Å². The Morgan fingerprint density at radius 3 is 2.64 bits per heavy atom. The molecule has 0 spiro atoms. The van der Waals surface area contributed by atoms with Crippen LogP contribution in [0.1, 0.15) is 0 Å². The third-order valence-electron chi connectivity index (χ3n) is 3.64. The summed E-state index contributed by atoms with van der Waals surface area (Å²) in [6, 6.07) is 8.95. The van der Waals surface area contributed by atoms with E-state index in [9.17, 15) is 4.79 Å². The Bertz CT molecular complexity index is 685. The third kappa shape index (κ3) is 3.12. The number of hydrogen-bond acceptors (Lipinski definition) is 4. The van der Waals surface area contributed by atoms with E-state index in [1.54, 1.807) is 11.1 Å². The summed E-state index contributed by atoms with van der Waals surface area (Å²) in [5.41, 5.74) is 6.18. The standard InChI is InChI=1S/C15H16ClN5O/c16-12-3-1-2-11(10-12)14-18-5-4-13(19-14)20-6-8-21(9-7-20)15(17)22/h1-5,10H,6-9H2,(H2,17,22). The van der Waals surface area contributed by atoms with Crippen LogP contribution in [-0.2, 0) is 0 Å². The highest BCUT2D eigenvalue weighted by atomic mass is 35.5. The summed E-state index contributed by atoms with van der Waals surface area (Å²) in [5, 5.41) is 0.654. The Morgan fingerprint density at radius 2 is 1.95 bits per heavy atom. The fraction of sp³-hybridized carbons (Fsp3) is 0.267. The van der Waals surface area contributed by atoms with Crippen molar-refractivity contribution in [3.63, 3.8) is 0 Å². The SMILES string of the molecule is NC(=O)N1CCN(c2ccnc(-c3cccc(Cl)c3)n2)CC1. The molecular formula is C15H16ClN5O. The molecule has 6 nitrogen and oxygen atoms in total. The molecule has 0 atom stereocenters. The van der Waals surface area contributed by atoms with E-state index in [-0.39, 0.29) is 6.03 Å². The van der Waals surface area contributed by atoms with Gasteiger partial charge < -0.3 is 15.5 Å². The van der Waals surface area contributed by atoms with Crippen molar-refractivity contribution in [1.82, 2.24) is 14.9 Å². The number of halogens is 1. The molecule has 3 rings (SSSR count). The number of carbonyl (C=O) groups is 1. The van der Waals surface area contributed by atoms with Crippen LogP contribution in [0.15, 0.2) is 36.5 Å². The average Bonchev–Trinajstić information content (AvgIpc) is 2.55. The molecule has 2 heterocycles. The number of hydrogen-bond donors (Lipinski definition) is 1. The van der Waals surface area contributed by atoms with E-state index in [1.165, 1.54) is 0 Å². The summed E-state index contributed by atoms with van der Waals surface area (Å²) in [7, 11) is 0. The molecule has 0 unspecified atom stereocenters. The maximum atomic E-state index is 11.2. The van der Waals surface area contributed by atoms with Crippen molar-refractivity contribution in [2.45, 2.75) is 0 Å². The van der Waals surface area contributed by atoms with Crippen molar-refractivity contribution in [3.05, 3.63) is 41.6 Å². The van der Waals surface area contributed by atoms with Crippen LogP contribution in [0, 0.1) is 0 Å². The second-order valence-electron chi connectivity index (χ2n) is 5.06. The zero-order valence-electron chi connectivity index (χ0n) is 11.9. The van der Waals surface area contributed by atoms with Gasteiger partial charge in [0.15, 0.2) is 5.82 Å². The lowest BCUT2D eigenvalue weighted by Gasteiger charge is -2.34. The van der Waals surface area contributed by atoms with Gasteiger partial charge in [0.05, 0.1) is 0 Å². The van der Waals surface area contributed by atoms with Gasteiger partial charge >= 0.3 is 6.03 Å². The Balaban J connectivity index is 1.79. The monoisotopic (exact) mass is 317 g/mol. The number of primary amides is 1. The first kappa shape index (κ1) is 14.6. The van der Waals surface area contributed by atoms with Crippen molar-refractivity contribution in [1.29, 1.82) is 0 Å². The number of nitrogens with zero attached hydrogens (tertiary/aromatic N) is 4. The molecule has 2 N–H and O–H groups in total. The van der Waals surface area contributed by atoms with Crippen LogP contribution >= 0.6 is 11.6 Å². The first-order valence-electron chi connectivity index (χ1n) is 7.02. The topological polar surface area (TPSA) is 75.4 Å². The van der Waals surface area contributed by atoms with Crippen molar-refractivity contribution < 1.29 is 4.79 Å². The van der Waals surface area contributed by atoms with E-state index >= 15 is 0 Å². The summed E-state index contributed by atoms with van der Waals surface area (Å²) in [6.45, 7) is 2.61. The zero-order valence-corrected chi connectivity index (χ0v) is 12.7. The van der Waals surface area contributed by atoms with Crippen LogP contribution in [0.5, 0.6) is 0 Å². The molecule has 7 heteroatoms. The van der Waals surface area contributed by atoms with Crippen molar-refractivity contribution in [2.24, 2.45) is 5.73 Å². The first-order valence-corrected chi connectivity index (χ1v) is 7.39. The molecule has 1 aliphatic heterocycles. The van der Waals surface area contributed by atoms with Gasteiger partial charge in [0.25, 0.3) is 0 Å². The van der Waals surface area contributed by atoms with Crippen LogP contribution in [0.3, 0.4) is 0 Å². The largest absolute Gasteiger partial charge is 0.353 e. The number of carbonyl (C=O) groups excluding carboxylic acids is 1. The molecule has 1 aromatic carbocycles. The van der Waals surface area contributed by atoms with Gasteiger partial charge in [-0.25, -0.2) is 14.8 Å². The second-order valence-corrected chi connectivity index (χ2v) is 5.50. The van der Waals surface area contributed by atoms with Gasteiger partial charge in [0.1, 0.15) is 5.82 Å². The summed E-state index contributed by atoms with van der Waals surface area (Å²) >= 11 is 6.01. The highest BCUT2D eigenvalue weighted by Crippen LogP contribution is 2.22. The Kier molecular flexibility index (Phi) is 4.11. The highest BCUT2D eigenvalue weighted by Gasteiger charge is 2.20.